The molecule has 17 heteroatoms. The van der Waals surface area contributed by atoms with Crippen molar-refractivity contribution in [1.29, 1.82) is 0 Å². The fourth-order valence-electron chi connectivity index (χ4n) is 4.60. The molecule has 1 atom stereocenters. The first kappa shape index (κ1) is 34.7. The fourth-order valence-corrected chi connectivity index (χ4v) is 4.60. The van der Waals surface area contributed by atoms with Gasteiger partial charge in [-0.05, 0) is 38.8 Å². The van der Waals surface area contributed by atoms with Crippen molar-refractivity contribution >= 4 is 17.6 Å². The number of carbonyl (C=O) groups excluding carboxylic acids is 2. The molecule has 1 aliphatic heterocycles. The Morgan fingerprint density at radius 1 is 1.00 bits per heavy atom. The summed E-state index contributed by atoms with van der Waals surface area (Å²) in [5, 5.41) is 8.89. The number of nitrogens with zero attached hydrogens (tertiary/aromatic N) is 3. The van der Waals surface area contributed by atoms with E-state index in [2.05, 4.69) is 15.2 Å². The highest BCUT2D eigenvalue weighted by Crippen LogP contribution is 2.48. The number of amides is 1. The molecule has 0 fully saturated rings. The number of hydrogen-bond donors (Lipinski definition) is 1. The van der Waals surface area contributed by atoms with Crippen LogP contribution in [-0.2, 0) is 38.6 Å². The maximum atomic E-state index is 15.4. The first-order chi connectivity index (χ1) is 21.2. The van der Waals surface area contributed by atoms with Crippen LogP contribution in [0.3, 0.4) is 0 Å². The lowest BCUT2D eigenvalue weighted by atomic mass is 9.92. The normalized spacial score (nSPS) is 19.3. The van der Waals surface area contributed by atoms with Crippen molar-refractivity contribution in [2.45, 2.75) is 89.0 Å². The molecule has 9 nitrogen and oxygen atoms in total. The van der Waals surface area contributed by atoms with E-state index < -0.39 is 114 Å². The number of fused-ring (bicyclic) bond motifs is 5. The number of carbonyl (C=O) groups is 2. The lowest BCUT2D eigenvalue weighted by Crippen LogP contribution is -2.45. The van der Waals surface area contributed by atoms with E-state index in [4.69, 9.17) is 13.9 Å². The van der Waals surface area contributed by atoms with Crippen LogP contribution in [0.25, 0.3) is 11.6 Å². The minimum atomic E-state index is -5.44. The number of hydrogen-bond acceptors (Lipinski definition) is 8. The number of aromatic nitrogens is 3. The van der Waals surface area contributed by atoms with Crippen molar-refractivity contribution < 1.29 is 58.6 Å². The lowest BCUT2D eigenvalue weighted by molar-refractivity contribution is -0.299. The van der Waals surface area contributed by atoms with Crippen molar-refractivity contribution in [2.75, 3.05) is 5.32 Å². The van der Waals surface area contributed by atoms with Gasteiger partial charge in [-0.1, -0.05) is 30.3 Å². The third kappa shape index (κ3) is 7.79. The van der Waals surface area contributed by atoms with Gasteiger partial charge in [0.15, 0.2) is 5.69 Å². The molecule has 1 aliphatic rings. The van der Waals surface area contributed by atoms with Crippen molar-refractivity contribution in [3.05, 3.63) is 59.1 Å². The van der Waals surface area contributed by atoms with E-state index in [1.54, 1.807) is 18.2 Å². The molecule has 0 radical (unpaired) electrons. The molecule has 3 aromatic rings. The average Bonchev–Trinajstić information content (AvgIpc) is 3.41. The van der Waals surface area contributed by atoms with E-state index >= 15 is 8.78 Å². The Kier molecular flexibility index (Phi) is 9.48. The van der Waals surface area contributed by atoms with Gasteiger partial charge < -0.3 is 13.9 Å². The number of anilines is 1. The predicted octanol–water partition coefficient (Wildman–Crippen LogP) is 8.10. The topological polar surface area (TPSA) is 116 Å². The molecule has 2 aromatic heterocycles. The van der Waals surface area contributed by atoms with Gasteiger partial charge in [-0.3, -0.25) is 10.1 Å². The monoisotopic (exact) mass is 664 g/mol. The number of pyridine rings is 1. The van der Waals surface area contributed by atoms with Crippen molar-refractivity contribution in [3.8, 4) is 11.6 Å². The van der Waals surface area contributed by atoms with E-state index in [0.717, 1.165) is 0 Å². The van der Waals surface area contributed by atoms with E-state index in [1.807, 2.05) is 5.32 Å². The quantitative estimate of drug-likeness (QED) is 0.278. The second-order valence-corrected chi connectivity index (χ2v) is 11.5. The van der Waals surface area contributed by atoms with E-state index in [-0.39, 0.29) is 6.07 Å². The summed E-state index contributed by atoms with van der Waals surface area (Å²) in [6.45, 7) is 3.65. The van der Waals surface area contributed by atoms with Gasteiger partial charge in [-0.15, -0.1) is 10.2 Å². The molecule has 0 saturated heterocycles. The van der Waals surface area contributed by atoms with Gasteiger partial charge in [0.1, 0.15) is 17.1 Å². The standard InChI is InChI=1S/C29H28F8N4O5/c1-25(2,3)46-24(43)38-19-14-18(28(32,33)34)21-27(30,31)12-7-10-17(42)11-13-26(29(35,36)37,44-15-16-8-5-4-6-9-16)23-41-40-22(45-23)20(19)39-21/h4-6,8-9,14H,7,10-13,15H2,1-3H3,(H,38,43)/t26-/m1/s1. The molecule has 4 bridgehead atoms. The Labute approximate surface area is 256 Å². The van der Waals surface area contributed by atoms with Crippen LogP contribution in [0.2, 0.25) is 0 Å². The summed E-state index contributed by atoms with van der Waals surface area (Å²) in [4.78, 5) is 28.6. The number of rotatable bonds is 4. The second kappa shape index (κ2) is 12.6. The zero-order chi connectivity index (χ0) is 34.1. The molecule has 0 spiro atoms. The highest BCUT2D eigenvalue weighted by Gasteiger charge is 2.61. The van der Waals surface area contributed by atoms with Gasteiger partial charge in [-0.25, -0.2) is 9.78 Å². The highest BCUT2D eigenvalue weighted by atomic mass is 19.4. The molecule has 0 saturated carbocycles. The van der Waals surface area contributed by atoms with Gasteiger partial charge >= 0.3 is 18.4 Å². The Hall–Kier alpha value is -4.15. The molecule has 1 N–H and O–H groups in total. The van der Waals surface area contributed by atoms with E-state index in [9.17, 15) is 35.9 Å². The fraction of sp³-hybridized carbons (Fsp3) is 0.483. The Morgan fingerprint density at radius 2 is 1.67 bits per heavy atom. The van der Waals surface area contributed by atoms with Crippen LogP contribution in [0.5, 0.6) is 0 Å². The van der Waals surface area contributed by atoms with Gasteiger partial charge in [0, 0.05) is 25.7 Å². The first-order valence-corrected chi connectivity index (χ1v) is 13.8. The molecule has 0 unspecified atom stereocenters. The highest BCUT2D eigenvalue weighted by molar-refractivity contribution is 5.89. The zero-order valence-corrected chi connectivity index (χ0v) is 24.6. The van der Waals surface area contributed by atoms with Crippen molar-refractivity contribution in [1.82, 2.24) is 15.2 Å². The number of halogens is 8. The van der Waals surface area contributed by atoms with Gasteiger partial charge in [0.2, 0.25) is 5.60 Å². The molecule has 1 aromatic carbocycles. The van der Waals surface area contributed by atoms with Crippen LogP contribution in [0.15, 0.2) is 40.8 Å². The van der Waals surface area contributed by atoms with E-state index in [1.165, 1.54) is 32.9 Å². The van der Waals surface area contributed by atoms with Crippen LogP contribution < -0.4 is 5.32 Å². The molecular formula is C29H28F8N4O5. The zero-order valence-electron chi connectivity index (χ0n) is 24.6. The van der Waals surface area contributed by atoms with E-state index in [0.29, 0.717) is 5.56 Å². The van der Waals surface area contributed by atoms with Gasteiger partial charge in [0.05, 0.1) is 17.9 Å². The number of nitrogens with one attached hydrogen (secondary N) is 1. The number of alkyl halides is 8. The first-order valence-electron chi connectivity index (χ1n) is 13.8. The van der Waals surface area contributed by atoms with Crippen LogP contribution in [-0.4, -0.2) is 38.8 Å². The Bertz CT molecular complexity index is 1570. The van der Waals surface area contributed by atoms with Crippen molar-refractivity contribution in [3.63, 3.8) is 0 Å². The largest absolute Gasteiger partial charge is 0.444 e. The molecule has 4 rings (SSSR count). The summed E-state index contributed by atoms with van der Waals surface area (Å²) in [6.07, 6.45) is -16.7. The summed E-state index contributed by atoms with van der Waals surface area (Å²) in [5.41, 5.74) is -9.95. The molecule has 250 valence electrons. The van der Waals surface area contributed by atoms with Crippen LogP contribution in [0.4, 0.5) is 45.6 Å². The molecule has 46 heavy (non-hydrogen) atoms. The summed E-state index contributed by atoms with van der Waals surface area (Å²) in [6, 6.07) is 7.78. The van der Waals surface area contributed by atoms with Crippen LogP contribution in [0, 0.1) is 0 Å². The average molecular weight is 665 g/mol. The minimum absolute atomic E-state index is 0.124. The second-order valence-electron chi connectivity index (χ2n) is 11.5. The lowest BCUT2D eigenvalue weighted by Gasteiger charge is -2.32. The number of Topliss-reactive ketones (excluding diaryl/α,β-unsaturated/α-hetero) is 1. The Balaban J connectivity index is 1.96. The minimum Gasteiger partial charge on any atom is -0.444 e. The summed E-state index contributed by atoms with van der Waals surface area (Å²) in [7, 11) is 0. The maximum Gasteiger partial charge on any atom is 0.426 e. The van der Waals surface area contributed by atoms with Crippen LogP contribution in [0.1, 0.15) is 75.6 Å². The smallest absolute Gasteiger partial charge is 0.426 e. The number of benzene rings is 1. The summed E-state index contributed by atoms with van der Waals surface area (Å²) < 4.78 is 133. The van der Waals surface area contributed by atoms with Gasteiger partial charge in [-0.2, -0.15) is 35.1 Å². The predicted molar refractivity (Wildman–Crippen MR) is 143 cm³/mol. The maximum absolute atomic E-state index is 15.4. The third-order valence-corrected chi connectivity index (χ3v) is 6.77. The molecular weight excluding hydrogens is 636 g/mol. The Morgan fingerprint density at radius 3 is 2.28 bits per heavy atom. The van der Waals surface area contributed by atoms with Gasteiger partial charge in [0.25, 0.3) is 17.7 Å². The van der Waals surface area contributed by atoms with Crippen molar-refractivity contribution in [2.24, 2.45) is 0 Å². The number of ether oxygens (including phenoxy) is 2. The number of ketones is 1. The summed E-state index contributed by atoms with van der Waals surface area (Å²) in [5.74, 6) is -7.49. The SMILES string of the molecule is CC(C)(C)OC(=O)Nc1cc(C(F)(F)F)c2nc1-c1nnc(o1)[C@@](OCc1ccccc1)(C(F)(F)F)CCC(=O)CCCC2(F)F. The van der Waals surface area contributed by atoms with Crippen LogP contribution >= 0.6 is 0 Å². The third-order valence-electron chi connectivity index (χ3n) is 6.77. The molecule has 0 aliphatic carbocycles. The molecule has 1 amide bonds. The molecule has 3 heterocycles. The summed E-state index contributed by atoms with van der Waals surface area (Å²) >= 11 is 0.